The quantitative estimate of drug-likeness (QED) is 0.874. The van der Waals surface area contributed by atoms with Crippen LogP contribution in [0.3, 0.4) is 0 Å². The minimum Gasteiger partial charge on any atom is -0.338 e. The summed E-state index contributed by atoms with van der Waals surface area (Å²) in [5.41, 5.74) is 0. The van der Waals surface area contributed by atoms with Crippen molar-refractivity contribution >= 4 is 0 Å². The van der Waals surface area contributed by atoms with Gasteiger partial charge in [-0.25, -0.2) is 0 Å². The lowest BCUT2D eigenvalue weighted by atomic mass is 9.83. The fourth-order valence-corrected chi connectivity index (χ4v) is 3.14. The molecule has 4 heteroatoms. The highest BCUT2D eigenvalue weighted by atomic mass is 16.5. The Morgan fingerprint density at radius 3 is 2.67 bits per heavy atom. The fourth-order valence-electron chi connectivity index (χ4n) is 3.14. The standard InChI is InChI=1S/C14H23N3O/c1-10-5-7-11(8-6-10)13-16-14(18-17-13)12-4-2-3-9-15-12/h10-12,15H,2-9H2,1H3/t10?,11?,12-/m0/s1. The van der Waals surface area contributed by atoms with Crippen LogP contribution in [0.25, 0.3) is 0 Å². The van der Waals surface area contributed by atoms with Crippen molar-refractivity contribution in [3.63, 3.8) is 0 Å². The van der Waals surface area contributed by atoms with Crippen molar-refractivity contribution in [2.45, 2.75) is 63.8 Å². The monoisotopic (exact) mass is 249 g/mol. The van der Waals surface area contributed by atoms with Gasteiger partial charge in [0.05, 0.1) is 6.04 Å². The van der Waals surface area contributed by atoms with Gasteiger partial charge < -0.3 is 9.84 Å². The zero-order chi connectivity index (χ0) is 12.4. The predicted molar refractivity (Wildman–Crippen MR) is 69.3 cm³/mol. The van der Waals surface area contributed by atoms with Gasteiger partial charge in [0.25, 0.3) is 0 Å². The van der Waals surface area contributed by atoms with Crippen LogP contribution in [0.1, 0.15) is 75.5 Å². The van der Waals surface area contributed by atoms with Crippen LogP contribution < -0.4 is 5.32 Å². The summed E-state index contributed by atoms with van der Waals surface area (Å²) in [5, 5.41) is 7.68. The van der Waals surface area contributed by atoms with E-state index in [0.29, 0.717) is 12.0 Å². The second-order valence-electron chi connectivity index (χ2n) is 5.95. The van der Waals surface area contributed by atoms with Gasteiger partial charge in [0, 0.05) is 5.92 Å². The lowest BCUT2D eigenvalue weighted by Gasteiger charge is -2.23. The van der Waals surface area contributed by atoms with E-state index in [-0.39, 0.29) is 0 Å². The number of aromatic nitrogens is 2. The molecule has 0 radical (unpaired) electrons. The van der Waals surface area contributed by atoms with E-state index in [2.05, 4.69) is 22.4 Å². The third-order valence-corrected chi connectivity index (χ3v) is 4.45. The summed E-state index contributed by atoms with van der Waals surface area (Å²) in [7, 11) is 0. The zero-order valence-electron chi connectivity index (χ0n) is 11.2. The number of hydrogen-bond acceptors (Lipinski definition) is 4. The summed E-state index contributed by atoms with van der Waals surface area (Å²) < 4.78 is 5.46. The molecule has 0 unspecified atom stereocenters. The largest absolute Gasteiger partial charge is 0.338 e. The number of piperidine rings is 1. The molecule has 1 aromatic rings. The maximum Gasteiger partial charge on any atom is 0.243 e. The van der Waals surface area contributed by atoms with Crippen molar-refractivity contribution in [2.24, 2.45) is 5.92 Å². The van der Waals surface area contributed by atoms with Gasteiger partial charge in [-0.05, 0) is 38.1 Å². The Balaban J connectivity index is 1.65. The number of nitrogens with one attached hydrogen (secondary N) is 1. The molecule has 100 valence electrons. The first-order valence-corrected chi connectivity index (χ1v) is 7.40. The van der Waals surface area contributed by atoms with Crippen LogP contribution in [0.15, 0.2) is 4.52 Å². The molecule has 1 atom stereocenters. The molecule has 4 nitrogen and oxygen atoms in total. The van der Waals surface area contributed by atoms with Crippen molar-refractivity contribution in [3.05, 3.63) is 11.7 Å². The van der Waals surface area contributed by atoms with Gasteiger partial charge in [-0.1, -0.05) is 31.3 Å². The third kappa shape index (κ3) is 2.58. The van der Waals surface area contributed by atoms with Gasteiger partial charge in [0.15, 0.2) is 5.82 Å². The lowest BCUT2D eigenvalue weighted by Crippen LogP contribution is -2.27. The highest BCUT2D eigenvalue weighted by Gasteiger charge is 2.26. The van der Waals surface area contributed by atoms with Crippen molar-refractivity contribution < 1.29 is 4.52 Å². The fraction of sp³-hybridized carbons (Fsp3) is 0.857. The summed E-state index contributed by atoms with van der Waals surface area (Å²) in [5.74, 6) is 3.16. The zero-order valence-corrected chi connectivity index (χ0v) is 11.2. The third-order valence-electron chi connectivity index (χ3n) is 4.45. The molecule has 1 aromatic heterocycles. The first kappa shape index (κ1) is 12.2. The molecule has 2 heterocycles. The molecule has 0 bridgehead atoms. The Morgan fingerprint density at radius 2 is 1.94 bits per heavy atom. The summed E-state index contributed by atoms with van der Waals surface area (Å²) in [6.07, 6.45) is 8.70. The predicted octanol–water partition coefficient (Wildman–Crippen LogP) is 3.18. The van der Waals surface area contributed by atoms with Crippen LogP contribution >= 0.6 is 0 Å². The molecule has 1 aliphatic heterocycles. The minimum absolute atomic E-state index is 0.294. The van der Waals surface area contributed by atoms with E-state index in [1.807, 2.05) is 0 Å². The van der Waals surface area contributed by atoms with Crippen LogP contribution in [0, 0.1) is 5.92 Å². The van der Waals surface area contributed by atoms with E-state index >= 15 is 0 Å². The van der Waals surface area contributed by atoms with Crippen LogP contribution in [-0.4, -0.2) is 16.7 Å². The van der Waals surface area contributed by atoms with E-state index in [9.17, 15) is 0 Å². The molecule has 1 saturated carbocycles. The second kappa shape index (κ2) is 5.39. The smallest absolute Gasteiger partial charge is 0.243 e. The van der Waals surface area contributed by atoms with Crippen molar-refractivity contribution in [1.29, 1.82) is 0 Å². The first-order chi connectivity index (χ1) is 8.83. The van der Waals surface area contributed by atoms with Crippen molar-refractivity contribution in [3.8, 4) is 0 Å². The van der Waals surface area contributed by atoms with E-state index in [4.69, 9.17) is 4.52 Å². The molecule has 0 spiro atoms. The average molecular weight is 249 g/mol. The molecule has 1 saturated heterocycles. The van der Waals surface area contributed by atoms with Crippen molar-refractivity contribution in [1.82, 2.24) is 15.5 Å². The molecule has 18 heavy (non-hydrogen) atoms. The van der Waals surface area contributed by atoms with Crippen molar-refractivity contribution in [2.75, 3.05) is 6.54 Å². The van der Waals surface area contributed by atoms with E-state index in [0.717, 1.165) is 30.6 Å². The Labute approximate surface area is 109 Å². The topological polar surface area (TPSA) is 51.0 Å². The number of rotatable bonds is 2. The SMILES string of the molecule is CC1CCC(c2noc([C@@H]3CCCCN3)n2)CC1. The summed E-state index contributed by atoms with van der Waals surface area (Å²) in [6, 6.07) is 0.294. The van der Waals surface area contributed by atoms with Crippen LogP contribution in [0.5, 0.6) is 0 Å². The molecule has 1 N–H and O–H groups in total. The van der Waals surface area contributed by atoms with Gasteiger partial charge in [0.1, 0.15) is 0 Å². The Morgan fingerprint density at radius 1 is 1.11 bits per heavy atom. The summed E-state index contributed by atoms with van der Waals surface area (Å²) in [4.78, 5) is 4.64. The van der Waals surface area contributed by atoms with Crippen LogP contribution in [0.2, 0.25) is 0 Å². The highest BCUT2D eigenvalue weighted by Crippen LogP contribution is 2.34. The van der Waals surface area contributed by atoms with Gasteiger partial charge in [-0.3, -0.25) is 0 Å². The Kier molecular flexibility index (Phi) is 3.64. The lowest BCUT2D eigenvalue weighted by molar-refractivity contribution is 0.290. The van der Waals surface area contributed by atoms with Gasteiger partial charge in [0.2, 0.25) is 5.89 Å². The summed E-state index contributed by atoms with van der Waals surface area (Å²) in [6.45, 7) is 3.41. The Bertz CT molecular complexity index is 376. The maximum absolute atomic E-state index is 5.46. The molecule has 2 aliphatic rings. The minimum atomic E-state index is 0.294. The van der Waals surface area contributed by atoms with Crippen LogP contribution in [-0.2, 0) is 0 Å². The molecule has 3 rings (SSSR count). The number of hydrogen-bond donors (Lipinski definition) is 1. The molecular formula is C14H23N3O. The highest BCUT2D eigenvalue weighted by molar-refractivity contribution is 5.00. The van der Waals surface area contributed by atoms with E-state index < -0.39 is 0 Å². The molecular weight excluding hydrogens is 226 g/mol. The molecule has 2 fully saturated rings. The molecule has 0 amide bonds. The van der Waals surface area contributed by atoms with Crippen LogP contribution in [0.4, 0.5) is 0 Å². The first-order valence-electron chi connectivity index (χ1n) is 7.40. The van der Waals surface area contributed by atoms with Gasteiger partial charge >= 0.3 is 0 Å². The van der Waals surface area contributed by atoms with Gasteiger partial charge in [-0.15, -0.1) is 0 Å². The molecule has 1 aliphatic carbocycles. The van der Waals surface area contributed by atoms with Gasteiger partial charge in [-0.2, -0.15) is 4.98 Å². The molecule has 0 aromatic carbocycles. The second-order valence-corrected chi connectivity index (χ2v) is 5.95. The maximum atomic E-state index is 5.46. The normalized spacial score (nSPS) is 33.5. The number of nitrogens with zero attached hydrogens (tertiary/aromatic N) is 2. The van der Waals surface area contributed by atoms with E-state index in [1.165, 1.54) is 38.5 Å². The summed E-state index contributed by atoms with van der Waals surface area (Å²) >= 11 is 0. The average Bonchev–Trinajstić information content (AvgIpc) is 2.90. The van der Waals surface area contributed by atoms with E-state index in [1.54, 1.807) is 0 Å². The Hall–Kier alpha value is -0.900.